The summed E-state index contributed by atoms with van der Waals surface area (Å²) >= 11 is 3.39. The zero-order valence-electron chi connectivity index (χ0n) is 12.2. The van der Waals surface area contributed by atoms with Crippen molar-refractivity contribution in [3.8, 4) is 0 Å². The van der Waals surface area contributed by atoms with Crippen molar-refractivity contribution in [2.45, 2.75) is 39.7 Å². The van der Waals surface area contributed by atoms with Gasteiger partial charge in [-0.1, -0.05) is 28.9 Å². The van der Waals surface area contributed by atoms with E-state index >= 15 is 0 Å². The van der Waals surface area contributed by atoms with Crippen molar-refractivity contribution in [1.29, 1.82) is 0 Å². The maximum Gasteiger partial charge on any atom is 0.126 e. The van der Waals surface area contributed by atoms with Gasteiger partial charge in [-0.3, -0.25) is 0 Å². The fourth-order valence-electron chi connectivity index (χ4n) is 1.79. The molecule has 0 saturated heterocycles. The van der Waals surface area contributed by atoms with E-state index in [1.807, 2.05) is 12.1 Å². The second kappa shape index (κ2) is 6.19. The predicted molar refractivity (Wildman–Crippen MR) is 83.9 cm³/mol. The molecule has 0 spiro atoms. The van der Waals surface area contributed by atoms with Crippen LogP contribution in [0.15, 0.2) is 35.3 Å². The molecular formula is C16H23BrFN. The minimum Gasteiger partial charge on any atom is -0.311 e. The van der Waals surface area contributed by atoms with Gasteiger partial charge in [0.1, 0.15) is 5.82 Å². The van der Waals surface area contributed by atoms with Gasteiger partial charge < -0.3 is 5.32 Å². The molecule has 1 aromatic rings. The van der Waals surface area contributed by atoms with Crippen LogP contribution in [0.25, 0.3) is 0 Å². The Morgan fingerprint density at radius 3 is 2.47 bits per heavy atom. The SMILES string of the molecule is C=CC(C)(CNC(C)(C)C)Cc1cc(Br)ccc1F. The van der Waals surface area contributed by atoms with Crippen molar-refractivity contribution >= 4 is 15.9 Å². The van der Waals surface area contributed by atoms with Crippen molar-refractivity contribution in [2.75, 3.05) is 6.54 Å². The maximum absolute atomic E-state index is 13.8. The third kappa shape index (κ3) is 5.45. The largest absolute Gasteiger partial charge is 0.311 e. The van der Waals surface area contributed by atoms with Crippen LogP contribution in [0.5, 0.6) is 0 Å². The van der Waals surface area contributed by atoms with Crippen LogP contribution in [0.2, 0.25) is 0 Å². The van der Waals surface area contributed by atoms with Gasteiger partial charge in [0, 0.05) is 22.0 Å². The number of rotatable bonds is 5. The van der Waals surface area contributed by atoms with Crippen LogP contribution in [0, 0.1) is 11.2 Å². The van der Waals surface area contributed by atoms with Gasteiger partial charge in [0.15, 0.2) is 0 Å². The lowest BCUT2D eigenvalue weighted by atomic mass is 9.83. The van der Waals surface area contributed by atoms with Crippen molar-refractivity contribution in [3.05, 3.63) is 46.7 Å². The van der Waals surface area contributed by atoms with Crippen LogP contribution in [0.1, 0.15) is 33.3 Å². The first-order valence-corrected chi connectivity index (χ1v) is 7.27. The summed E-state index contributed by atoms with van der Waals surface area (Å²) in [6.07, 6.45) is 2.54. The van der Waals surface area contributed by atoms with E-state index in [2.05, 4.69) is 55.5 Å². The molecule has 0 fully saturated rings. The van der Waals surface area contributed by atoms with Gasteiger partial charge in [-0.25, -0.2) is 4.39 Å². The minimum atomic E-state index is -0.172. The van der Waals surface area contributed by atoms with Crippen molar-refractivity contribution in [2.24, 2.45) is 5.41 Å². The molecule has 0 amide bonds. The Bertz CT molecular complexity index is 451. The van der Waals surface area contributed by atoms with E-state index < -0.39 is 0 Å². The Hall–Kier alpha value is -0.670. The molecule has 1 rings (SSSR count). The molecule has 0 heterocycles. The summed E-state index contributed by atoms with van der Waals surface area (Å²) in [5.74, 6) is -0.160. The van der Waals surface area contributed by atoms with Gasteiger partial charge in [-0.05, 0) is 51.0 Å². The van der Waals surface area contributed by atoms with E-state index in [4.69, 9.17) is 0 Å². The molecule has 106 valence electrons. The molecule has 1 unspecified atom stereocenters. The Morgan fingerprint density at radius 2 is 1.95 bits per heavy atom. The number of hydrogen-bond donors (Lipinski definition) is 1. The van der Waals surface area contributed by atoms with E-state index in [1.165, 1.54) is 6.07 Å². The monoisotopic (exact) mass is 327 g/mol. The summed E-state index contributed by atoms with van der Waals surface area (Å²) in [4.78, 5) is 0. The first-order valence-electron chi connectivity index (χ1n) is 6.48. The second-order valence-electron chi connectivity index (χ2n) is 6.37. The van der Waals surface area contributed by atoms with Gasteiger partial charge in [0.2, 0.25) is 0 Å². The molecule has 0 aliphatic heterocycles. The van der Waals surface area contributed by atoms with Gasteiger partial charge in [-0.2, -0.15) is 0 Å². The lowest BCUT2D eigenvalue weighted by Gasteiger charge is -2.31. The van der Waals surface area contributed by atoms with E-state index in [-0.39, 0.29) is 16.8 Å². The molecule has 1 atom stereocenters. The highest BCUT2D eigenvalue weighted by molar-refractivity contribution is 9.10. The molecule has 0 bridgehead atoms. The summed E-state index contributed by atoms with van der Waals surface area (Å²) in [6, 6.07) is 5.06. The Kier molecular flexibility index (Phi) is 5.34. The Balaban J connectivity index is 2.85. The first kappa shape index (κ1) is 16.4. The smallest absolute Gasteiger partial charge is 0.126 e. The molecule has 3 heteroatoms. The zero-order chi connectivity index (χ0) is 14.7. The van der Waals surface area contributed by atoms with Gasteiger partial charge >= 0.3 is 0 Å². The Morgan fingerprint density at radius 1 is 1.32 bits per heavy atom. The molecule has 0 aliphatic rings. The zero-order valence-corrected chi connectivity index (χ0v) is 13.8. The van der Waals surface area contributed by atoms with E-state index in [9.17, 15) is 4.39 Å². The van der Waals surface area contributed by atoms with E-state index in [1.54, 1.807) is 6.07 Å². The van der Waals surface area contributed by atoms with Crippen molar-refractivity contribution in [1.82, 2.24) is 5.32 Å². The number of benzene rings is 1. The van der Waals surface area contributed by atoms with Crippen LogP contribution >= 0.6 is 15.9 Å². The molecule has 0 aliphatic carbocycles. The molecule has 0 aromatic heterocycles. The van der Waals surface area contributed by atoms with Crippen LogP contribution in [-0.4, -0.2) is 12.1 Å². The van der Waals surface area contributed by atoms with Gasteiger partial charge in [-0.15, -0.1) is 6.58 Å². The molecule has 0 radical (unpaired) electrons. The fourth-order valence-corrected chi connectivity index (χ4v) is 2.20. The van der Waals surface area contributed by atoms with Gasteiger partial charge in [0.25, 0.3) is 0 Å². The van der Waals surface area contributed by atoms with Crippen molar-refractivity contribution < 1.29 is 4.39 Å². The summed E-state index contributed by atoms with van der Waals surface area (Å²) < 4.78 is 14.7. The summed E-state index contributed by atoms with van der Waals surface area (Å²) in [7, 11) is 0. The second-order valence-corrected chi connectivity index (χ2v) is 7.29. The number of halogens is 2. The lowest BCUT2D eigenvalue weighted by Crippen LogP contribution is -2.43. The quantitative estimate of drug-likeness (QED) is 0.772. The molecule has 1 nitrogen and oxygen atoms in total. The molecule has 19 heavy (non-hydrogen) atoms. The normalized spacial score (nSPS) is 15.1. The van der Waals surface area contributed by atoms with Crippen LogP contribution in [-0.2, 0) is 6.42 Å². The fraction of sp³-hybridized carbons (Fsp3) is 0.500. The van der Waals surface area contributed by atoms with Gasteiger partial charge in [0.05, 0.1) is 0 Å². The average molecular weight is 328 g/mol. The predicted octanol–water partition coefficient (Wildman–Crippen LogP) is 4.71. The lowest BCUT2D eigenvalue weighted by molar-refractivity contribution is 0.320. The van der Waals surface area contributed by atoms with E-state index in [0.29, 0.717) is 12.0 Å². The molecule has 1 N–H and O–H groups in total. The average Bonchev–Trinajstić information content (AvgIpc) is 2.31. The molecule has 0 saturated carbocycles. The third-order valence-electron chi connectivity index (χ3n) is 3.12. The van der Waals surface area contributed by atoms with Crippen LogP contribution in [0.3, 0.4) is 0 Å². The first-order chi connectivity index (χ1) is 8.65. The molecular weight excluding hydrogens is 305 g/mol. The summed E-state index contributed by atoms with van der Waals surface area (Å²) in [6.45, 7) is 13.1. The number of hydrogen-bond acceptors (Lipinski definition) is 1. The highest BCUT2D eigenvalue weighted by Gasteiger charge is 2.24. The highest BCUT2D eigenvalue weighted by atomic mass is 79.9. The third-order valence-corrected chi connectivity index (χ3v) is 3.61. The standard InChI is InChI=1S/C16H23BrFN/c1-6-16(5,11-19-15(2,3)4)10-12-9-13(17)7-8-14(12)18/h6-9,19H,1,10-11H2,2-5H3. The Labute approximate surface area is 124 Å². The minimum absolute atomic E-state index is 0.0418. The topological polar surface area (TPSA) is 12.0 Å². The maximum atomic E-state index is 13.8. The van der Waals surface area contributed by atoms with E-state index in [0.717, 1.165) is 11.0 Å². The summed E-state index contributed by atoms with van der Waals surface area (Å²) in [5, 5.41) is 3.46. The number of nitrogens with one attached hydrogen (secondary N) is 1. The molecule has 1 aromatic carbocycles. The van der Waals surface area contributed by atoms with Crippen molar-refractivity contribution in [3.63, 3.8) is 0 Å². The van der Waals surface area contributed by atoms with Crippen LogP contribution in [0.4, 0.5) is 4.39 Å². The van der Waals surface area contributed by atoms with Crippen LogP contribution < -0.4 is 5.32 Å². The highest BCUT2D eigenvalue weighted by Crippen LogP contribution is 2.27. The summed E-state index contributed by atoms with van der Waals surface area (Å²) in [5.41, 5.74) is 0.585.